The number of nitrogens with zero attached hydrogens (tertiary/aromatic N) is 3. The van der Waals surface area contributed by atoms with E-state index in [1.807, 2.05) is 12.1 Å². The number of hydrogen-bond donors (Lipinski definition) is 2. The first-order valence-electron chi connectivity index (χ1n) is 9.22. The minimum Gasteiger partial charge on any atom is -0.478 e. The van der Waals surface area contributed by atoms with Gasteiger partial charge in [-0.1, -0.05) is 19.3 Å². The SMILES string of the molecule is Cl.O=C(O)C(NC(=O)N1CCN(c2ccncc2)CC1)OC1CCCCC1. The van der Waals surface area contributed by atoms with Gasteiger partial charge in [-0.05, 0) is 25.0 Å². The molecule has 1 aliphatic carbocycles. The highest BCUT2D eigenvalue weighted by Gasteiger charge is 2.29. The van der Waals surface area contributed by atoms with Crippen LogP contribution in [0.2, 0.25) is 0 Å². The highest BCUT2D eigenvalue weighted by molar-refractivity contribution is 5.85. The van der Waals surface area contributed by atoms with Gasteiger partial charge in [0.25, 0.3) is 0 Å². The Hall–Kier alpha value is -2.06. The van der Waals surface area contributed by atoms with Gasteiger partial charge < -0.3 is 25.0 Å². The van der Waals surface area contributed by atoms with Crippen molar-refractivity contribution in [1.82, 2.24) is 15.2 Å². The predicted octanol–water partition coefficient (Wildman–Crippen LogP) is 2.09. The lowest BCUT2D eigenvalue weighted by molar-refractivity contribution is -0.157. The number of aromatic nitrogens is 1. The Labute approximate surface area is 165 Å². The maximum atomic E-state index is 12.4. The van der Waals surface area contributed by atoms with Crippen LogP contribution in [0, 0.1) is 0 Å². The van der Waals surface area contributed by atoms with E-state index in [0.717, 1.165) is 37.8 Å². The molecule has 150 valence electrons. The summed E-state index contributed by atoms with van der Waals surface area (Å²) in [7, 11) is 0. The van der Waals surface area contributed by atoms with E-state index in [2.05, 4.69) is 15.2 Å². The van der Waals surface area contributed by atoms with Crippen LogP contribution in [0.4, 0.5) is 10.5 Å². The number of ether oxygens (including phenoxy) is 1. The number of amides is 2. The molecule has 1 atom stereocenters. The second-order valence-corrected chi connectivity index (χ2v) is 6.74. The monoisotopic (exact) mass is 398 g/mol. The number of carboxylic acids is 1. The topological polar surface area (TPSA) is 95.0 Å². The summed E-state index contributed by atoms with van der Waals surface area (Å²) in [6.45, 7) is 2.45. The molecule has 8 nitrogen and oxygen atoms in total. The fourth-order valence-electron chi connectivity index (χ4n) is 3.47. The van der Waals surface area contributed by atoms with Gasteiger partial charge in [0.1, 0.15) is 0 Å². The minimum atomic E-state index is -1.29. The summed E-state index contributed by atoms with van der Waals surface area (Å²) in [4.78, 5) is 31.7. The van der Waals surface area contributed by atoms with Crippen LogP contribution in [0.3, 0.4) is 0 Å². The summed E-state index contributed by atoms with van der Waals surface area (Å²) in [6, 6.07) is 3.49. The smallest absolute Gasteiger partial charge is 0.354 e. The van der Waals surface area contributed by atoms with E-state index < -0.39 is 12.2 Å². The van der Waals surface area contributed by atoms with Gasteiger partial charge in [-0.25, -0.2) is 9.59 Å². The number of halogens is 1. The fourth-order valence-corrected chi connectivity index (χ4v) is 3.47. The zero-order chi connectivity index (χ0) is 18.4. The van der Waals surface area contributed by atoms with E-state index in [1.165, 1.54) is 0 Å². The zero-order valence-corrected chi connectivity index (χ0v) is 16.1. The molecule has 9 heteroatoms. The molecule has 2 aliphatic rings. The average molecular weight is 399 g/mol. The number of pyridine rings is 1. The molecule has 2 fully saturated rings. The van der Waals surface area contributed by atoms with Gasteiger partial charge in [0.2, 0.25) is 6.23 Å². The molecule has 1 aromatic heterocycles. The molecular formula is C18H27ClN4O4. The summed E-state index contributed by atoms with van der Waals surface area (Å²) in [5, 5.41) is 11.9. The normalized spacial score (nSPS) is 19.1. The molecule has 2 heterocycles. The Morgan fingerprint density at radius 3 is 2.33 bits per heavy atom. The number of carbonyl (C=O) groups excluding carboxylic acids is 1. The van der Waals surface area contributed by atoms with Crippen molar-refractivity contribution in [3.8, 4) is 0 Å². The van der Waals surface area contributed by atoms with Crippen molar-refractivity contribution in [2.24, 2.45) is 0 Å². The quantitative estimate of drug-likeness (QED) is 0.737. The fraction of sp³-hybridized carbons (Fsp3) is 0.611. The van der Waals surface area contributed by atoms with Crippen molar-refractivity contribution >= 4 is 30.1 Å². The molecule has 27 heavy (non-hydrogen) atoms. The number of carbonyl (C=O) groups is 2. The highest BCUT2D eigenvalue weighted by atomic mass is 35.5. The molecule has 1 unspecified atom stereocenters. The number of nitrogens with one attached hydrogen (secondary N) is 1. The number of hydrogen-bond acceptors (Lipinski definition) is 5. The minimum absolute atomic E-state index is 0. The van der Waals surface area contributed by atoms with E-state index in [1.54, 1.807) is 17.3 Å². The summed E-state index contributed by atoms with van der Waals surface area (Å²) in [6.07, 6.45) is 7.06. The van der Waals surface area contributed by atoms with E-state index >= 15 is 0 Å². The van der Waals surface area contributed by atoms with Crippen LogP contribution >= 0.6 is 12.4 Å². The lowest BCUT2D eigenvalue weighted by Gasteiger charge is -2.36. The van der Waals surface area contributed by atoms with Crippen molar-refractivity contribution in [2.75, 3.05) is 31.1 Å². The van der Waals surface area contributed by atoms with E-state index in [0.29, 0.717) is 26.2 Å². The van der Waals surface area contributed by atoms with E-state index in [-0.39, 0.29) is 24.5 Å². The van der Waals surface area contributed by atoms with Crippen molar-refractivity contribution in [1.29, 1.82) is 0 Å². The third-order valence-corrected chi connectivity index (χ3v) is 4.95. The van der Waals surface area contributed by atoms with Crippen molar-refractivity contribution in [3.63, 3.8) is 0 Å². The Kier molecular flexibility index (Phi) is 8.12. The van der Waals surface area contributed by atoms with Crippen molar-refractivity contribution in [2.45, 2.75) is 44.4 Å². The first-order chi connectivity index (χ1) is 12.6. The summed E-state index contributed by atoms with van der Waals surface area (Å²) in [5.74, 6) is -1.15. The van der Waals surface area contributed by atoms with Crippen LogP contribution in [0.5, 0.6) is 0 Å². The maximum absolute atomic E-state index is 12.4. The molecule has 1 saturated heterocycles. The second kappa shape index (κ2) is 10.3. The van der Waals surface area contributed by atoms with E-state index in [9.17, 15) is 14.7 Å². The molecule has 1 aliphatic heterocycles. The summed E-state index contributed by atoms with van der Waals surface area (Å²) < 4.78 is 5.63. The van der Waals surface area contributed by atoms with Crippen LogP contribution in [-0.4, -0.2) is 65.5 Å². The number of piperazine rings is 1. The molecule has 3 rings (SSSR count). The van der Waals surface area contributed by atoms with Gasteiger partial charge >= 0.3 is 12.0 Å². The first-order valence-corrected chi connectivity index (χ1v) is 9.22. The lowest BCUT2D eigenvalue weighted by atomic mass is 9.98. The van der Waals surface area contributed by atoms with Crippen molar-refractivity contribution in [3.05, 3.63) is 24.5 Å². The standard InChI is InChI=1S/C18H26N4O4.ClH/c23-17(24)16(26-15-4-2-1-3-5-15)20-18(25)22-12-10-21(11-13-22)14-6-8-19-9-7-14;/h6-9,15-16H,1-5,10-13H2,(H,20,25)(H,23,24);1H. The van der Waals surface area contributed by atoms with Gasteiger partial charge in [0, 0.05) is 44.3 Å². The van der Waals surface area contributed by atoms with E-state index in [4.69, 9.17) is 4.74 Å². The summed E-state index contributed by atoms with van der Waals surface area (Å²) in [5.41, 5.74) is 1.07. The predicted molar refractivity (Wildman–Crippen MR) is 103 cm³/mol. The molecule has 1 saturated carbocycles. The van der Waals surface area contributed by atoms with Gasteiger partial charge in [0.05, 0.1) is 6.10 Å². The Balaban J connectivity index is 0.00000261. The molecule has 2 N–H and O–H groups in total. The highest BCUT2D eigenvalue weighted by Crippen LogP contribution is 2.21. The molecule has 0 aromatic carbocycles. The molecule has 1 aromatic rings. The Morgan fingerprint density at radius 1 is 1.11 bits per heavy atom. The van der Waals surface area contributed by atoms with Crippen LogP contribution in [0.15, 0.2) is 24.5 Å². The maximum Gasteiger partial charge on any atom is 0.354 e. The van der Waals surface area contributed by atoms with Gasteiger partial charge in [-0.3, -0.25) is 4.98 Å². The average Bonchev–Trinajstić information content (AvgIpc) is 2.69. The van der Waals surface area contributed by atoms with Crippen LogP contribution in [-0.2, 0) is 9.53 Å². The first kappa shape index (κ1) is 21.2. The largest absolute Gasteiger partial charge is 0.478 e. The number of rotatable bonds is 5. The summed E-state index contributed by atoms with van der Waals surface area (Å²) >= 11 is 0. The zero-order valence-electron chi connectivity index (χ0n) is 15.2. The van der Waals surface area contributed by atoms with Gasteiger partial charge in [-0.2, -0.15) is 0 Å². The Bertz CT molecular complexity index is 605. The third-order valence-electron chi connectivity index (χ3n) is 4.95. The third kappa shape index (κ3) is 5.97. The number of carboxylic acid groups (broad SMARTS) is 1. The van der Waals surface area contributed by atoms with Gasteiger partial charge in [-0.15, -0.1) is 12.4 Å². The van der Waals surface area contributed by atoms with Gasteiger partial charge in [0.15, 0.2) is 0 Å². The number of aliphatic carboxylic acids is 1. The van der Waals surface area contributed by atoms with Crippen LogP contribution in [0.25, 0.3) is 0 Å². The number of anilines is 1. The second-order valence-electron chi connectivity index (χ2n) is 6.74. The molecule has 0 spiro atoms. The van der Waals surface area contributed by atoms with Crippen molar-refractivity contribution < 1.29 is 19.4 Å². The Morgan fingerprint density at radius 2 is 1.74 bits per heavy atom. The number of urea groups is 1. The van der Waals surface area contributed by atoms with Crippen LogP contribution in [0.1, 0.15) is 32.1 Å². The van der Waals surface area contributed by atoms with Crippen LogP contribution < -0.4 is 10.2 Å². The molecule has 0 radical (unpaired) electrons. The molecule has 2 amide bonds. The lowest BCUT2D eigenvalue weighted by Crippen LogP contribution is -2.55. The molecular weight excluding hydrogens is 372 g/mol. The molecule has 0 bridgehead atoms.